The minimum Gasteiger partial charge on any atom is -0.351 e. The molecule has 0 aliphatic carbocycles. The van der Waals surface area contributed by atoms with Crippen molar-refractivity contribution in [3.05, 3.63) is 17.5 Å². The third kappa shape index (κ3) is 4.61. The lowest BCUT2D eigenvalue weighted by Gasteiger charge is -2.32. The molecule has 1 saturated heterocycles. The first-order valence-electron chi connectivity index (χ1n) is 7.27. The summed E-state index contributed by atoms with van der Waals surface area (Å²) in [6.07, 6.45) is 2.10. The molecule has 0 radical (unpaired) electrons. The molecule has 0 atom stereocenters. The second-order valence-electron chi connectivity index (χ2n) is 5.44. The van der Waals surface area contributed by atoms with Crippen LogP contribution in [0.3, 0.4) is 0 Å². The molecule has 1 aromatic heterocycles. The summed E-state index contributed by atoms with van der Waals surface area (Å²) in [5, 5.41) is 6.56. The van der Waals surface area contributed by atoms with Crippen molar-refractivity contribution in [1.82, 2.24) is 20.3 Å². The number of nitrogens with one attached hydrogen (secondary N) is 1. The first-order chi connectivity index (χ1) is 9.65. The zero-order valence-corrected chi connectivity index (χ0v) is 12.4. The van der Waals surface area contributed by atoms with Gasteiger partial charge in [0.25, 0.3) is 5.91 Å². The molecule has 0 saturated carbocycles. The largest absolute Gasteiger partial charge is 0.351 e. The third-order valence-electron chi connectivity index (χ3n) is 3.63. The molecule has 1 aromatic rings. The quantitative estimate of drug-likeness (QED) is 0.779. The molecule has 2 heterocycles. The van der Waals surface area contributed by atoms with E-state index in [0.29, 0.717) is 12.3 Å². The standard InChI is InChI=1S/C14H24N4O2/c1-12-11-13(20-16-12)14(19)15-5-3-4-6-18-9-7-17(2)8-10-18/h11H,3-10H2,1-2H3,(H,15,19). The summed E-state index contributed by atoms with van der Waals surface area (Å²) in [5.41, 5.74) is 0.727. The number of hydrogen-bond acceptors (Lipinski definition) is 5. The van der Waals surface area contributed by atoms with E-state index in [0.717, 1.165) is 51.3 Å². The van der Waals surface area contributed by atoms with Crippen LogP contribution in [0.25, 0.3) is 0 Å². The van der Waals surface area contributed by atoms with Gasteiger partial charge < -0.3 is 19.6 Å². The van der Waals surface area contributed by atoms with Crippen molar-refractivity contribution >= 4 is 5.91 Å². The Labute approximate surface area is 120 Å². The molecule has 6 heteroatoms. The highest BCUT2D eigenvalue weighted by atomic mass is 16.5. The maximum Gasteiger partial charge on any atom is 0.289 e. The molecule has 0 aromatic carbocycles. The zero-order chi connectivity index (χ0) is 14.4. The molecular weight excluding hydrogens is 256 g/mol. The van der Waals surface area contributed by atoms with Gasteiger partial charge in [0, 0.05) is 38.8 Å². The fraction of sp³-hybridized carbons (Fsp3) is 0.714. The molecule has 1 aliphatic heterocycles. The van der Waals surface area contributed by atoms with Crippen molar-refractivity contribution in [2.75, 3.05) is 46.3 Å². The second-order valence-corrected chi connectivity index (χ2v) is 5.44. The van der Waals surface area contributed by atoms with Crippen molar-refractivity contribution in [2.24, 2.45) is 0 Å². The number of nitrogens with zero attached hydrogens (tertiary/aromatic N) is 3. The minimum atomic E-state index is -0.176. The van der Waals surface area contributed by atoms with Gasteiger partial charge in [0.05, 0.1) is 5.69 Å². The van der Waals surface area contributed by atoms with E-state index in [9.17, 15) is 4.79 Å². The van der Waals surface area contributed by atoms with Crippen molar-refractivity contribution in [3.63, 3.8) is 0 Å². The lowest BCUT2D eigenvalue weighted by molar-refractivity contribution is 0.0915. The predicted molar refractivity (Wildman–Crippen MR) is 76.7 cm³/mol. The van der Waals surface area contributed by atoms with Crippen molar-refractivity contribution in [3.8, 4) is 0 Å². The Balaban J connectivity index is 1.54. The molecule has 0 spiro atoms. The molecule has 1 fully saturated rings. The van der Waals surface area contributed by atoms with Crippen molar-refractivity contribution in [1.29, 1.82) is 0 Å². The highest BCUT2D eigenvalue weighted by Gasteiger charge is 2.13. The van der Waals surface area contributed by atoms with Crippen LogP contribution in [0, 0.1) is 6.92 Å². The van der Waals surface area contributed by atoms with Gasteiger partial charge in [0.15, 0.2) is 0 Å². The van der Waals surface area contributed by atoms with E-state index < -0.39 is 0 Å². The van der Waals surface area contributed by atoms with Crippen LogP contribution in [0.15, 0.2) is 10.6 Å². The van der Waals surface area contributed by atoms with E-state index in [1.165, 1.54) is 0 Å². The van der Waals surface area contributed by atoms with Gasteiger partial charge in [-0.15, -0.1) is 0 Å². The number of aromatic nitrogens is 1. The maximum absolute atomic E-state index is 11.7. The number of unbranched alkanes of at least 4 members (excludes halogenated alkanes) is 1. The van der Waals surface area contributed by atoms with Crippen LogP contribution in [0.1, 0.15) is 29.1 Å². The van der Waals surface area contributed by atoms with E-state index in [1.54, 1.807) is 13.0 Å². The fourth-order valence-corrected chi connectivity index (χ4v) is 2.29. The number of aryl methyl sites for hydroxylation is 1. The van der Waals surface area contributed by atoms with Gasteiger partial charge in [-0.1, -0.05) is 5.16 Å². The van der Waals surface area contributed by atoms with Crippen LogP contribution in [-0.4, -0.2) is 67.2 Å². The van der Waals surface area contributed by atoms with Crippen LogP contribution in [-0.2, 0) is 0 Å². The molecule has 1 amide bonds. The maximum atomic E-state index is 11.7. The Hall–Kier alpha value is -1.40. The van der Waals surface area contributed by atoms with Crippen LogP contribution in [0.5, 0.6) is 0 Å². The van der Waals surface area contributed by atoms with E-state index in [4.69, 9.17) is 4.52 Å². The topological polar surface area (TPSA) is 61.6 Å². The number of rotatable bonds is 6. The van der Waals surface area contributed by atoms with Crippen molar-refractivity contribution < 1.29 is 9.32 Å². The van der Waals surface area contributed by atoms with Crippen LogP contribution >= 0.6 is 0 Å². The van der Waals surface area contributed by atoms with Gasteiger partial charge in [-0.3, -0.25) is 4.79 Å². The van der Waals surface area contributed by atoms with E-state index >= 15 is 0 Å². The average Bonchev–Trinajstić information content (AvgIpc) is 2.87. The van der Waals surface area contributed by atoms with Gasteiger partial charge >= 0.3 is 0 Å². The number of carbonyl (C=O) groups is 1. The molecule has 20 heavy (non-hydrogen) atoms. The normalized spacial score (nSPS) is 17.3. The summed E-state index contributed by atoms with van der Waals surface area (Å²) in [6, 6.07) is 1.65. The third-order valence-corrected chi connectivity index (χ3v) is 3.63. The molecule has 2 rings (SSSR count). The van der Waals surface area contributed by atoms with E-state index in [-0.39, 0.29) is 5.91 Å². The summed E-state index contributed by atoms with van der Waals surface area (Å²) in [7, 11) is 2.16. The highest BCUT2D eigenvalue weighted by Crippen LogP contribution is 2.03. The molecule has 6 nitrogen and oxygen atoms in total. The molecule has 0 unspecified atom stereocenters. The summed E-state index contributed by atoms with van der Waals surface area (Å²) in [6.45, 7) is 8.22. The molecular formula is C14H24N4O2. The van der Waals surface area contributed by atoms with Gasteiger partial charge in [-0.25, -0.2) is 0 Å². The monoisotopic (exact) mass is 280 g/mol. The number of likely N-dealkylation sites (N-methyl/N-ethyl adjacent to an activating group) is 1. The molecule has 0 bridgehead atoms. The second kappa shape index (κ2) is 7.40. The first-order valence-corrected chi connectivity index (χ1v) is 7.27. The Kier molecular flexibility index (Phi) is 5.55. The molecule has 1 aliphatic rings. The highest BCUT2D eigenvalue weighted by molar-refractivity contribution is 5.91. The van der Waals surface area contributed by atoms with Crippen LogP contribution < -0.4 is 5.32 Å². The van der Waals surface area contributed by atoms with E-state index in [2.05, 4.69) is 27.3 Å². The van der Waals surface area contributed by atoms with Gasteiger partial charge in [0.1, 0.15) is 0 Å². The van der Waals surface area contributed by atoms with Gasteiger partial charge in [-0.05, 0) is 33.4 Å². The number of carbonyl (C=O) groups excluding carboxylic acids is 1. The van der Waals surface area contributed by atoms with Crippen LogP contribution in [0.2, 0.25) is 0 Å². The Morgan fingerprint density at radius 3 is 2.75 bits per heavy atom. The zero-order valence-electron chi connectivity index (χ0n) is 12.4. The van der Waals surface area contributed by atoms with Gasteiger partial charge in [0.2, 0.25) is 5.76 Å². The predicted octanol–water partition coefficient (Wildman–Crippen LogP) is 0.740. The first kappa shape index (κ1) is 15.0. The number of piperazine rings is 1. The van der Waals surface area contributed by atoms with E-state index in [1.807, 2.05) is 0 Å². The Bertz CT molecular complexity index is 425. The summed E-state index contributed by atoms with van der Waals surface area (Å²) >= 11 is 0. The smallest absolute Gasteiger partial charge is 0.289 e. The lowest BCUT2D eigenvalue weighted by atomic mass is 10.2. The molecule has 112 valence electrons. The summed E-state index contributed by atoms with van der Waals surface area (Å²) < 4.78 is 4.91. The van der Waals surface area contributed by atoms with Crippen LogP contribution in [0.4, 0.5) is 0 Å². The summed E-state index contributed by atoms with van der Waals surface area (Å²) in [5.74, 6) is 0.117. The van der Waals surface area contributed by atoms with Crippen molar-refractivity contribution in [2.45, 2.75) is 19.8 Å². The average molecular weight is 280 g/mol. The minimum absolute atomic E-state index is 0.176. The van der Waals surface area contributed by atoms with Gasteiger partial charge in [-0.2, -0.15) is 0 Å². The molecule has 1 N–H and O–H groups in total. The number of amides is 1. The Morgan fingerprint density at radius 2 is 2.10 bits per heavy atom. The lowest BCUT2D eigenvalue weighted by Crippen LogP contribution is -2.44. The SMILES string of the molecule is Cc1cc(C(=O)NCCCCN2CCN(C)CC2)on1. The summed E-state index contributed by atoms with van der Waals surface area (Å²) in [4.78, 5) is 16.5. The number of hydrogen-bond donors (Lipinski definition) is 1. The fourth-order valence-electron chi connectivity index (χ4n) is 2.29. The Morgan fingerprint density at radius 1 is 1.35 bits per heavy atom.